The van der Waals surface area contributed by atoms with Crippen LogP contribution in [0.4, 0.5) is 0 Å². The van der Waals surface area contributed by atoms with Crippen molar-refractivity contribution in [1.29, 1.82) is 0 Å². The Hall–Kier alpha value is -6.81. The Balaban J connectivity index is 2.32. The van der Waals surface area contributed by atoms with Crippen LogP contribution in [0, 0.1) is 29.6 Å². The third kappa shape index (κ3) is 17.6. The summed E-state index contributed by atoms with van der Waals surface area (Å²) in [6.07, 6.45) is 0.0417. The number of methoxy groups -OCH3 is 1. The predicted octanol–water partition coefficient (Wildman–Crippen LogP) is 3.10. The number of benzene rings is 1. The van der Waals surface area contributed by atoms with Gasteiger partial charge in [-0.25, -0.2) is 4.79 Å². The van der Waals surface area contributed by atoms with Gasteiger partial charge in [-0.15, -0.1) is 0 Å². The molecule has 2 aliphatic heterocycles. The predicted molar refractivity (Wildman–Crippen MR) is 317 cm³/mol. The number of nitrogens with zero attached hydrogens (tertiary/aromatic N) is 7. The van der Waals surface area contributed by atoms with Crippen LogP contribution in [-0.2, 0) is 63.9 Å². The van der Waals surface area contributed by atoms with Crippen LogP contribution in [-0.4, -0.2) is 222 Å². The van der Waals surface area contributed by atoms with E-state index < -0.39 is 162 Å². The molecule has 0 spiro atoms. The van der Waals surface area contributed by atoms with Crippen molar-refractivity contribution in [2.24, 2.45) is 29.6 Å². The molecule has 2 aliphatic rings. The summed E-state index contributed by atoms with van der Waals surface area (Å²) in [5, 5.41) is 8.34. The number of fused-ring (bicyclic) bond motifs is 1. The number of esters is 1. The molecule has 23 nitrogen and oxygen atoms in total. The Labute approximate surface area is 498 Å². The molecule has 0 unspecified atom stereocenters. The first-order valence-corrected chi connectivity index (χ1v) is 30.0. The Kier molecular flexibility index (Phi) is 27.6. The molecule has 472 valence electrons. The monoisotopic (exact) mass is 1180 g/mol. The summed E-state index contributed by atoms with van der Waals surface area (Å²) >= 11 is 0. The van der Waals surface area contributed by atoms with Gasteiger partial charge in [0.1, 0.15) is 54.1 Å². The van der Waals surface area contributed by atoms with Crippen molar-refractivity contribution >= 4 is 65.0 Å². The molecule has 3 N–H and O–H groups in total. The highest BCUT2D eigenvalue weighted by molar-refractivity contribution is 6.00. The van der Waals surface area contributed by atoms with Crippen LogP contribution in [0.25, 0.3) is 0 Å². The molecular formula is C61H100N10O13. The van der Waals surface area contributed by atoms with Crippen LogP contribution in [0.1, 0.15) is 134 Å². The summed E-state index contributed by atoms with van der Waals surface area (Å²) in [7, 11) is 8.57. The second-order valence-corrected chi connectivity index (χ2v) is 23.8. The minimum Gasteiger partial charge on any atom is -0.497 e. The van der Waals surface area contributed by atoms with Gasteiger partial charge in [-0.3, -0.25) is 47.9 Å². The van der Waals surface area contributed by atoms with Crippen LogP contribution in [0.15, 0.2) is 24.3 Å². The van der Waals surface area contributed by atoms with E-state index in [0.29, 0.717) is 50.1 Å². The average Bonchev–Trinajstić information content (AvgIpc) is 3.67. The van der Waals surface area contributed by atoms with E-state index in [-0.39, 0.29) is 19.4 Å². The molecule has 2 fully saturated rings. The maximum absolute atomic E-state index is 15.3. The Morgan fingerprint density at radius 2 is 1.14 bits per heavy atom. The fourth-order valence-electron chi connectivity index (χ4n) is 11.4. The van der Waals surface area contributed by atoms with Crippen LogP contribution < -0.4 is 20.7 Å². The molecule has 2 heterocycles. The Bertz CT molecular complexity index is 2470. The molecule has 11 atom stereocenters. The lowest BCUT2D eigenvalue weighted by molar-refractivity contribution is -0.165. The van der Waals surface area contributed by atoms with Gasteiger partial charge >= 0.3 is 5.97 Å². The summed E-state index contributed by atoms with van der Waals surface area (Å²) in [5.74, 6) is -9.72. The number of cyclic esters (lactones) is 1. The highest BCUT2D eigenvalue weighted by Gasteiger charge is 2.46. The minimum atomic E-state index is -1.49. The summed E-state index contributed by atoms with van der Waals surface area (Å²) in [5.41, 5.74) is 0.589. The standard InChI is InChI=1S/C61H100N10O13/c1-20-38(11)51-53(74)62-34-47(73)66(15)49(36(7)8)54(75)63-43(32-41-27-29-42(83-19)30-28-41)61(82)84-40(13)56(77)71-31-25-24-26-44(71)57(78)67(16)50(37(9)10)55(76)64-48(35(5)6)59(80)65(14)45(33-46(72)70(22-3)23-4)58(79)69(18)52(39(12)21-2)60(81)68(51)17/h27-30,35-40,43-45,48-52H,20-26,31-34H2,1-19H3,(H,62,74)(H,63,75)(H,64,76)/t38-,39-,40+,43-,44-,45-,48-,49-,50-,51-,52-/m0/s1. The smallest absolute Gasteiger partial charge is 0.329 e. The number of rotatable bonds is 14. The summed E-state index contributed by atoms with van der Waals surface area (Å²) < 4.78 is 11.2. The van der Waals surface area contributed by atoms with E-state index in [1.54, 1.807) is 93.5 Å². The van der Waals surface area contributed by atoms with Crippen molar-refractivity contribution in [3.05, 3.63) is 29.8 Å². The van der Waals surface area contributed by atoms with Crippen LogP contribution >= 0.6 is 0 Å². The molecule has 10 amide bonds. The largest absolute Gasteiger partial charge is 0.497 e. The van der Waals surface area contributed by atoms with Gasteiger partial charge in [0.25, 0.3) is 5.91 Å². The molecule has 0 aliphatic carbocycles. The average molecular weight is 1180 g/mol. The minimum absolute atomic E-state index is 0.107. The van der Waals surface area contributed by atoms with Crippen molar-refractivity contribution in [3.63, 3.8) is 0 Å². The summed E-state index contributed by atoms with van der Waals surface area (Å²) in [6, 6.07) is -3.32. The van der Waals surface area contributed by atoms with Crippen LogP contribution in [0.3, 0.4) is 0 Å². The van der Waals surface area contributed by atoms with Crippen LogP contribution in [0.2, 0.25) is 0 Å². The number of likely N-dealkylation sites (N-methyl/N-ethyl adjacent to an activating group) is 5. The third-order valence-electron chi connectivity index (χ3n) is 16.9. The topological polar surface area (TPSA) is 265 Å². The van der Waals surface area contributed by atoms with E-state index in [2.05, 4.69) is 16.0 Å². The number of nitrogens with one attached hydrogen (secondary N) is 3. The second kappa shape index (κ2) is 32.5. The number of amides is 10. The van der Waals surface area contributed by atoms with E-state index in [1.165, 1.54) is 78.7 Å². The molecular weight excluding hydrogens is 1080 g/mol. The molecule has 0 bridgehead atoms. The molecule has 0 aromatic heterocycles. The van der Waals surface area contributed by atoms with Crippen LogP contribution in [0.5, 0.6) is 5.75 Å². The lowest BCUT2D eigenvalue weighted by atomic mass is 9.92. The molecule has 1 aromatic carbocycles. The van der Waals surface area contributed by atoms with Crippen molar-refractivity contribution < 1.29 is 62.2 Å². The highest BCUT2D eigenvalue weighted by Crippen LogP contribution is 2.27. The summed E-state index contributed by atoms with van der Waals surface area (Å²) in [4.78, 5) is 170. The van der Waals surface area contributed by atoms with Gasteiger partial charge in [0.05, 0.1) is 20.1 Å². The second-order valence-electron chi connectivity index (χ2n) is 23.8. The summed E-state index contributed by atoms with van der Waals surface area (Å²) in [6.45, 7) is 22.6. The number of ether oxygens (including phenoxy) is 2. The van der Waals surface area contributed by atoms with Gasteiger partial charge in [0, 0.05) is 61.3 Å². The van der Waals surface area contributed by atoms with Gasteiger partial charge in [0.15, 0.2) is 6.10 Å². The third-order valence-corrected chi connectivity index (χ3v) is 16.9. The maximum atomic E-state index is 15.3. The number of piperidine rings is 1. The van der Waals surface area contributed by atoms with Gasteiger partial charge in [-0.2, -0.15) is 0 Å². The van der Waals surface area contributed by atoms with Gasteiger partial charge in [0.2, 0.25) is 53.2 Å². The maximum Gasteiger partial charge on any atom is 0.329 e. The van der Waals surface area contributed by atoms with Crippen molar-refractivity contribution in [2.75, 3.05) is 68.5 Å². The lowest BCUT2D eigenvalue weighted by Gasteiger charge is -2.41. The Morgan fingerprint density at radius 3 is 1.67 bits per heavy atom. The molecule has 2 saturated heterocycles. The molecule has 1 aromatic rings. The number of carbonyl (C=O) groups is 11. The first-order chi connectivity index (χ1) is 39.4. The number of hydrogen-bond acceptors (Lipinski definition) is 13. The van der Waals surface area contributed by atoms with E-state index in [1.807, 2.05) is 13.8 Å². The zero-order valence-electron chi connectivity index (χ0n) is 53.6. The molecule has 23 heteroatoms. The van der Waals surface area contributed by atoms with E-state index in [0.717, 1.165) is 4.90 Å². The SMILES string of the molecule is CC[C@H](C)[C@H]1C(=O)NCC(=O)N(C)[C@@H](C(C)C)C(=O)N[C@@H](Cc2ccc(OC)cc2)C(=O)O[C@H](C)C(=O)N2CCCC[C@H]2C(=O)N(C)[C@@H](C(C)C)C(=O)N[C@@H](C(C)C)C(=O)N(C)[C@@H](CC(=O)N(CC)CC)C(=O)N(C)[C@@H]([C@@H](C)CC)C(=O)N1C. The zero-order valence-corrected chi connectivity index (χ0v) is 53.6. The fraction of sp³-hybridized carbons (Fsp3) is 0.721. The molecule has 3 rings (SSSR count). The van der Waals surface area contributed by atoms with Gasteiger partial charge < -0.3 is 59.7 Å². The first kappa shape index (κ1) is 71.5. The lowest BCUT2D eigenvalue weighted by Crippen LogP contribution is -2.63. The first-order valence-electron chi connectivity index (χ1n) is 30.0. The van der Waals surface area contributed by atoms with E-state index in [4.69, 9.17) is 9.47 Å². The van der Waals surface area contributed by atoms with Crippen molar-refractivity contribution in [3.8, 4) is 5.75 Å². The fourth-order valence-corrected chi connectivity index (χ4v) is 11.4. The van der Waals surface area contributed by atoms with Gasteiger partial charge in [-0.05, 0) is 87.3 Å². The van der Waals surface area contributed by atoms with E-state index in [9.17, 15) is 38.4 Å². The van der Waals surface area contributed by atoms with Crippen molar-refractivity contribution in [2.45, 2.75) is 189 Å². The number of carbonyl (C=O) groups excluding carboxylic acids is 11. The molecule has 0 saturated carbocycles. The normalized spacial score (nSPS) is 26.0. The highest BCUT2D eigenvalue weighted by atomic mass is 16.5. The molecule has 84 heavy (non-hydrogen) atoms. The number of hydrogen-bond donors (Lipinski definition) is 3. The van der Waals surface area contributed by atoms with Crippen molar-refractivity contribution in [1.82, 2.24) is 50.2 Å². The quantitative estimate of drug-likeness (QED) is 0.227. The van der Waals surface area contributed by atoms with Gasteiger partial charge in [-0.1, -0.05) is 94.2 Å². The zero-order chi connectivity index (χ0) is 63.8. The van der Waals surface area contributed by atoms with E-state index >= 15 is 14.4 Å². The Morgan fingerprint density at radius 1 is 0.619 bits per heavy atom. The molecule has 0 radical (unpaired) electrons.